The SMILES string of the molecule is COCC(CN=C(NS(=O)(=O)c1ccc(Cl)cc1)N1C[C@@H](c2ccccc2)C(c2ccc(F)cc2)=N1)NS(N)(=O)=O. The molecule has 0 fully saturated rings. The Morgan fingerprint density at radius 1 is 1.10 bits per heavy atom. The van der Waals surface area contributed by atoms with Crippen LogP contribution in [0, 0.1) is 5.82 Å². The maximum Gasteiger partial charge on any atom is 0.274 e. The molecule has 0 aliphatic carbocycles. The first-order valence-corrected chi connectivity index (χ1v) is 15.6. The topological polar surface area (TPSA) is 156 Å². The molecule has 0 radical (unpaired) electrons. The predicted molar refractivity (Wildman–Crippen MR) is 155 cm³/mol. The van der Waals surface area contributed by atoms with E-state index in [1.54, 1.807) is 12.1 Å². The average molecular weight is 623 g/mol. The fraction of sp³-hybridized carbons (Fsp3) is 0.231. The molecule has 0 aromatic heterocycles. The van der Waals surface area contributed by atoms with Gasteiger partial charge in [0.15, 0.2) is 0 Å². The number of benzene rings is 3. The average Bonchev–Trinajstić information content (AvgIpc) is 3.37. The van der Waals surface area contributed by atoms with E-state index in [2.05, 4.69) is 14.4 Å². The molecule has 1 heterocycles. The van der Waals surface area contributed by atoms with Crippen LogP contribution in [0.15, 0.2) is 93.9 Å². The van der Waals surface area contributed by atoms with Gasteiger partial charge in [0.25, 0.3) is 20.2 Å². The van der Waals surface area contributed by atoms with E-state index in [1.165, 1.54) is 48.5 Å². The van der Waals surface area contributed by atoms with Gasteiger partial charge in [-0.3, -0.25) is 0 Å². The first-order chi connectivity index (χ1) is 19.4. The van der Waals surface area contributed by atoms with Gasteiger partial charge in [-0.2, -0.15) is 18.2 Å². The Morgan fingerprint density at radius 3 is 2.37 bits per heavy atom. The Labute approximate surface area is 243 Å². The first-order valence-electron chi connectivity index (χ1n) is 12.2. The highest BCUT2D eigenvalue weighted by molar-refractivity contribution is 7.90. The molecule has 11 nitrogen and oxygen atoms in total. The first kappa shape index (κ1) is 30.6. The Morgan fingerprint density at radius 2 is 1.76 bits per heavy atom. The number of hydrazone groups is 1. The van der Waals surface area contributed by atoms with Gasteiger partial charge in [0, 0.05) is 18.1 Å². The van der Waals surface area contributed by atoms with Gasteiger partial charge in [0.1, 0.15) is 5.82 Å². The van der Waals surface area contributed by atoms with Crippen molar-refractivity contribution in [3.63, 3.8) is 0 Å². The van der Waals surface area contributed by atoms with Crippen LogP contribution in [-0.4, -0.2) is 66.4 Å². The van der Waals surface area contributed by atoms with Gasteiger partial charge in [0.05, 0.1) is 36.3 Å². The van der Waals surface area contributed by atoms with Gasteiger partial charge in [-0.25, -0.2) is 32.7 Å². The quantitative estimate of drug-likeness (QED) is 0.233. The van der Waals surface area contributed by atoms with Gasteiger partial charge in [0.2, 0.25) is 5.96 Å². The standard InChI is InChI=1S/C26H28ClFN6O5S2/c1-39-17-22(32-41(29,37)38)15-30-26(33-40(35,36)23-13-9-20(27)10-14-23)34-16-24(18-5-3-2-4-6-18)25(31-34)19-7-11-21(28)12-8-19/h2-14,22,24,32H,15-17H2,1H3,(H,30,33)(H2,29,37,38)/t22?,24-/m0/s1. The van der Waals surface area contributed by atoms with Crippen molar-refractivity contribution in [2.24, 2.45) is 15.2 Å². The van der Waals surface area contributed by atoms with E-state index in [0.717, 1.165) is 5.56 Å². The van der Waals surface area contributed by atoms with Gasteiger partial charge >= 0.3 is 0 Å². The van der Waals surface area contributed by atoms with Crippen molar-refractivity contribution in [1.29, 1.82) is 0 Å². The van der Waals surface area contributed by atoms with E-state index in [9.17, 15) is 21.2 Å². The molecule has 4 rings (SSSR count). The van der Waals surface area contributed by atoms with E-state index in [1.807, 2.05) is 30.3 Å². The van der Waals surface area contributed by atoms with E-state index < -0.39 is 32.1 Å². The lowest BCUT2D eigenvalue weighted by Crippen LogP contribution is -2.45. The highest BCUT2D eigenvalue weighted by atomic mass is 35.5. The molecule has 41 heavy (non-hydrogen) atoms. The minimum atomic E-state index is -4.17. The minimum absolute atomic E-state index is 0.0766. The number of sulfonamides is 1. The Kier molecular flexibility index (Phi) is 9.73. The second-order valence-corrected chi connectivity index (χ2v) is 12.5. The normalized spacial score (nSPS) is 16.9. The van der Waals surface area contributed by atoms with Gasteiger partial charge in [-0.1, -0.05) is 54.1 Å². The summed E-state index contributed by atoms with van der Waals surface area (Å²) in [6.07, 6.45) is 0. The molecule has 1 aliphatic heterocycles. The number of nitrogens with one attached hydrogen (secondary N) is 2. The minimum Gasteiger partial charge on any atom is -0.383 e. The van der Waals surface area contributed by atoms with Crippen molar-refractivity contribution < 1.29 is 26.0 Å². The van der Waals surface area contributed by atoms with Crippen LogP contribution < -0.4 is 14.6 Å². The predicted octanol–water partition coefficient (Wildman–Crippen LogP) is 2.43. The zero-order chi connectivity index (χ0) is 29.6. The number of hydrogen-bond donors (Lipinski definition) is 3. The Balaban J connectivity index is 1.76. The summed E-state index contributed by atoms with van der Waals surface area (Å²) in [6, 6.07) is 19.9. The van der Waals surface area contributed by atoms with Crippen molar-refractivity contribution in [2.75, 3.05) is 26.8 Å². The van der Waals surface area contributed by atoms with Gasteiger partial charge < -0.3 is 4.74 Å². The molecule has 4 N–H and O–H groups in total. The third-order valence-electron chi connectivity index (χ3n) is 6.01. The molecule has 15 heteroatoms. The van der Waals surface area contributed by atoms with Crippen LogP contribution in [-0.2, 0) is 25.0 Å². The van der Waals surface area contributed by atoms with Crippen LogP contribution in [0.3, 0.4) is 0 Å². The van der Waals surface area contributed by atoms with Crippen LogP contribution >= 0.6 is 11.6 Å². The zero-order valence-corrected chi connectivity index (χ0v) is 24.2. The van der Waals surface area contributed by atoms with Crippen molar-refractivity contribution in [3.05, 3.63) is 101 Å². The fourth-order valence-electron chi connectivity index (χ4n) is 4.18. The number of aliphatic imine (C=N–C) groups is 1. The molecule has 218 valence electrons. The third-order valence-corrected chi connectivity index (χ3v) is 8.27. The lowest BCUT2D eigenvalue weighted by atomic mass is 9.91. The Hall–Kier alpha value is -3.40. The Bertz CT molecular complexity index is 1620. The fourth-order valence-corrected chi connectivity index (χ4v) is 5.93. The third kappa shape index (κ3) is 8.31. The van der Waals surface area contributed by atoms with Crippen molar-refractivity contribution in [2.45, 2.75) is 16.9 Å². The number of halogens is 2. The van der Waals surface area contributed by atoms with Gasteiger partial charge in [-0.05, 0) is 47.5 Å². The zero-order valence-electron chi connectivity index (χ0n) is 21.8. The molecular weight excluding hydrogens is 595 g/mol. The van der Waals surface area contributed by atoms with E-state index in [-0.39, 0.29) is 36.5 Å². The van der Waals surface area contributed by atoms with Gasteiger partial charge in [-0.15, -0.1) is 0 Å². The number of nitrogens with two attached hydrogens (primary N) is 1. The van der Waals surface area contributed by atoms with Crippen molar-refractivity contribution in [3.8, 4) is 0 Å². The summed E-state index contributed by atoms with van der Waals surface area (Å²) in [6.45, 7) is -0.152. The summed E-state index contributed by atoms with van der Waals surface area (Å²) in [7, 11) is -6.91. The van der Waals surface area contributed by atoms with Crippen molar-refractivity contribution >= 4 is 43.5 Å². The number of guanidine groups is 1. The number of nitrogens with zero attached hydrogens (tertiary/aromatic N) is 3. The van der Waals surface area contributed by atoms with E-state index in [0.29, 0.717) is 16.3 Å². The molecule has 3 aromatic carbocycles. The number of methoxy groups -OCH3 is 1. The maximum atomic E-state index is 13.7. The molecule has 1 unspecified atom stereocenters. The number of rotatable bonds is 10. The number of ether oxygens (including phenoxy) is 1. The molecule has 3 aromatic rings. The molecule has 0 spiro atoms. The highest BCUT2D eigenvalue weighted by Crippen LogP contribution is 2.29. The second-order valence-electron chi connectivity index (χ2n) is 9.08. The lowest BCUT2D eigenvalue weighted by Gasteiger charge is -2.21. The van der Waals surface area contributed by atoms with Crippen molar-refractivity contribution in [1.82, 2.24) is 14.5 Å². The maximum absolute atomic E-state index is 13.7. The summed E-state index contributed by atoms with van der Waals surface area (Å²) in [4.78, 5) is 4.33. The lowest BCUT2D eigenvalue weighted by molar-refractivity contribution is 0.177. The molecule has 0 amide bonds. The monoisotopic (exact) mass is 622 g/mol. The molecule has 1 aliphatic rings. The summed E-state index contributed by atoms with van der Waals surface area (Å²) < 4.78 is 73.5. The van der Waals surface area contributed by atoms with Crippen LogP contribution in [0.1, 0.15) is 17.0 Å². The second kappa shape index (κ2) is 13.1. The summed E-state index contributed by atoms with van der Waals surface area (Å²) >= 11 is 5.93. The summed E-state index contributed by atoms with van der Waals surface area (Å²) in [5.41, 5.74) is 2.09. The van der Waals surface area contributed by atoms with Crippen LogP contribution in [0.5, 0.6) is 0 Å². The molecule has 0 saturated carbocycles. The molecule has 0 saturated heterocycles. The van der Waals surface area contributed by atoms with Crippen LogP contribution in [0.25, 0.3) is 0 Å². The van der Waals surface area contributed by atoms with Crippen LogP contribution in [0.2, 0.25) is 5.02 Å². The highest BCUT2D eigenvalue weighted by Gasteiger charge is 2.33. The number of hydrogen-bond acceptors (Lipinski definition) is 7. The summed E-state index contributed by atoms with van der Waals surface area (Å²) in [5.74, 6) is -0.912. The largest absolute Gasteiger partial charge is 0.383 e. The molecule has 0 bridgehead atoms. The van der Waals surface area contributed by atoms with Crippen LogP contribution in [0.4, 0.5) is 4.39 Å². The summed E-state index contributed by atoms with van der Waals surface area (Å²) in [5, 5.41) is 11.6. The van der Waals surface area contributed by atoms with E-state index in [4.69, 9.17) is 26.6 Å². The molecule has 2 atom stereocenters. The smallest absolute Gasteiger partial charge is 0.274 e. The molecular formula is C26H28ClFN6O5S2. The van der Waals surface area contributed by atoms with E-state index >= 15 is 0 Å².